The molecule has 1 rings (SSSR count). The monoisotopic (exact) mass is 405 g/mol. The predicted molar refractivity (Wildman–Crippen MR) is 109 cm³/mol. The average molecular weight is 405 g/mol. The van der Waals surface area contributed by atoms with Crippen LogP contribution in [-0.4, -0.2) is 53.7 Å². The minimum absolute atomic E-state index is 0.103. The number of carbonyl (C=O) groups excluding carboxylic acids is 4. The van der Waals surface area contributed by atoms with Crippen LogP contribution in [0.2, 0.25) is 0 Å². The lowest BCUT2D eigenvalue weighted by atomic mass is 9.96. The van der Waals surface area contributed by atoms with Gasteiger partial charge in [-0.2, -0.15) is 0 Å². The van der Waals surface area contributed by atoms with Gasteiger partial charge in [0.25, 0.3) is 0 Å². The van der Waals surface area contributed by atoms with E-state index in [1.807, 2.05) is 37.3 Å². The van der Waals surface area contributed by atoms with Gasteiger partial charge in [-0.05, 0) is 25.3 Å². The largest absolute Gasteiger partial charge is 0.394 e. The van der Waals surface area contributed by atoms with Gasteiger partial charge in [0, 0.05) is 19.4 Å². The van der Waals surface area contributed by atoms with Gasteiger partial charge in [0.1, 0.15) is 6.04 Å². The van der Waals surface area contributed by atoms with Crippen molar-refractivity contribution in [2.75, 3.05) is 13.2 Å². The number of amides is 2. The summed E-state index contributed by atoms with van der Waals surface area (Å²) in [7, 11) is 0. The van der Waals surface area contributed by atoms with E-state index in [-0.39, 0.29) is 31.1 Å². The van der Waals surface area contributed by atoms with E-state index in [1.165, 1.54) is 6.92 Å². The van der Waals surface area contributed by atoms with Crippen LogP contribution in [0.4, 0.5) is 0 Å². The molecule has 3 atom stereocenters. The van der Waals surface area contributed by atoms with Crippen LogP contribution in [-0.2, 0) is 25.6 Å². The predicted octanol–water partition coefficient (Wildman–Crippen LogP) is 0.114. The summed E-state index contributed by atoms with van der Waals surface area (Å²) >= 11 is 0. The standard InChI is InChI=1S/C21H31N3O5/c1-3-7-20(28)23-18(13-25)19(27)11-16(12-22)21(29)24-17(14(2)26)10-15-8-5-4-6-9-15/h4-6,8-9,16-18,25H,3,7,10-13,22H2,1-2H3,(H,23,28)(H,24,29)/t16-,17-,18-/m0/s1. The molecule has 160 valence electrons. The highest BCUT2D eigenvalue weighted by Crippen LogP contribution is 2.09. The third kappa shape index (κ3) is 8.53. The third-order valence-corrected chi connectivity index (χ3v) is 4.58. The Morgan fingerprint density at radius 3 is 2.24 bits per heavy atom. The van der Waals surface area contributed by atoms with Crippen molar-refractivity contribution in [3.05, 3.63) is 35.9 Å². The number of nitrogens with one attached hydrogen (secondary N) is 2. The highest BCUT2D eigenvalue weighted by Gasteiger charge is 2.28. The molecule has 0 saturated carbocycles. The summed E-state index contributed by atoms with van der Waals surface area (Å²) in [5.74, 6) is -2.40. The van der Waals surface area contributed by atoms with E-state index in [4.69, 9.17) is 5.73 Å². The Morgan fingerprint density at radius 1 is 1.07 bits per heavy atom. The van der Waals surface area contributed by atoms with E-state index in [2.05, 4.69) is 10.6 Å². The average Bonchev–Trinajstić information content (AvgIpc) is 2.70. The summed E-state index contributed by atoms with van der Waals surface area (Å²) in [5.41, 5.74) is 6.56. The van der Waals surface area contributed by atoms with Crippen LogP contribution in [0.25, 0.3) is 0 Å². The highest BCUT2D eigenvalue weighted by atomic mass is 16.3. The van der Waals surface area contributed by atoms with Crippen LogP contribution >= 0.6 is 0 Å². The zero-order valence-electron chi connectivity index (χ0n) is 17.0. The number of aliphatic hydroxyl groups is 1. The van der Waals surface area contributed by atoms with Crippen LogP contribution < -0.4 is 16.4 Å². The fourth-order valence-corrected chi connectivity index (χ4v) is 2.83. The van der Waals surface area contributed by atoms with Gasteiger partial charge < -0.3 is 21.5 Å². The van der Waals surface area contributed by atoms with Crippen molar-refractivity contribution >= 4 is 23.4 Å². The number of Topliss-reactive ketones (excluding diaryl/α,β-unsaturated/α-hetero) is 2. The van der Waals surface area contributed by atoms with Gasteiger partial charge >= 0.3 is 0 Å². The van der Waals surface area contributed by atoms with Gasteiger partial charge in [0.15, 0.2) is 11.6 Å². The van der Waals surface area contributed by atoms with E-state index in [9.17, 15) is 24.3 Å². The SMILES string of the molecule is CCCC(=O)N[C@@H](CO)C(=O)C[C@@H](CN)C(=O)N[C@@H](Cc1ccccc1)C(C)=O. The molecule has 5 N–H and O–H groups in total. The van der Waals surface area contributed by atoms with Crippen LogP contribution in [0.1, 0.15) is 38.7 Å². The van der Waals surface area contributed by atoms with Gasteiger partial charge in [-0.3, -0.25) is 19.2 Å². The van der Waals surface area contributed by atoms with Crippen LogP contribution in [0, 0.1) is 5.92 Å². The molecule has 0 unspecified atom stereocenters. The van der Waals surface area contributed by atoms with Crippen molar-refractivity contribution in [3.8, 4) is 0 Å². The summed E-state index contributed by atoms with van der Waals surface area (Å²) in [6.07, 6.45) is 0.944. The second kappa shape index (κ2) is 12.8. The lowest BCUT2D eigenvalue weighted by Crippen LogP contribution is -2.48. The van der Waals surface area contributed by atoms with Gasteiger partial charge in [-0.15, -0.1) is 0 Å². The zero-order valence-corrected chi connectivity index (χ0v) is 17.0. The Labute approximate surface area is 171 Å². The van der Waals surface area contributed by atoms with Gasteiger partial charge in [0.05, 0.1) is 18.6 Å². The first-order valence-corrected chi connectivity index (χ1v) is 9.80. The number of nitrogens with two attached hydrogens (primary N) is 1. The van der Waals surface area contributed by atoms with Crippen LogP contribution in [0.5, 0.6) is 0 Å². The third-order valence-electron chi connectivity index (χ3n) is 4.58. The number of carbonyl (C=O) groups is 4. The molecule has 8 heteroatoms. The Kier molecular flexibility index (Phi) is 10.8. The molecule has 0 bridgehead atoms. The number of aliphatic hydroxyl groups excluding tert-OH is 1. The van der Waals surface area contributed by atoms with Gasteiger partial charge in [-0.1, -0.05) is 37.3 Å². The Balaban J connectivity index is 2.74. The molecule has 0 radical (unpaired) electrons. The maximum atomic E-state index is 12.6. The maximum Gasteiger partial charge on any atom is 0.225 e. The topological polar surface area (TPSA) is 139 Å². The van der Waals surface area contributed by atoms with Crippen molar-refractivity contribution in [3.63, 3.8) is 0 Å². The Morgan fingerprint density at radius 2 is 1.72 bits per heavy atom. The van der Waals surface area contributed by atoms with Gasteiger partial charge in [0.2, 0.25) is 11.8 Å². The number of hydrogen-bond donors (Lipinski definition) is 4. The van der Waals surface area contributed by atoms with E-state index in [0.717, 1.165) is 5.56 Å². The lowest BCUT2D eigenvalue weighted by molar-refractivity contribution is -0.133. The molecule has 0 aliphatic carbocycles. The van der Waals surface area contributed by atoms with Gasteiger partial charge in [-0.25, -0.2) is 0 Å². The number of benzene rings is 1. The molecule has 0 aliphatic rings. The summed E-state index contributed by atoms with van der Waals surface area (Å²) in [5, 5.41) is 14.5. The van der Waals surface area contributed by atoms with Crippen molar-refractivity contribution in [2.24, 2.45) is 11.7 Å². The van der Waals surface area contributed by atoms with E-state index in [1.54, 1.807) is 0 Å². The minimum Gasteiger partial charge on any atom is -0.394 e. The molecule has 2 amide bonds. The molecule has 0 aliphatic heterocycles. The smallest absolute Gasteiger partial charge is 0.225 e. The molecule has 0 aromatic heterocycles. The molecular weight excluding hydrogens is 374 g/mol. The molecule has 1 aromatic carbocycles. The normalized spacial score (nSPS) is 13.8. The number of hydrogen-bond acceptors (Lipinski definition) is 6. The molecule has 29 heavy (non-hydrogen) atoms. The van der Waals surface area contributed by atoms with Crippen molar-refractivity contribution in [1.29, 1.82) is 0 Å². The fraction of sp³-hybridized carbons (Fsp3) is 0.524. The lowest BCUT2D eigenvalue weighted by Gasteiger charge is -2.22. The Hall–Kier alpha value is -2.58. The van der Waals surface area contributed by atoms with Crippen LogP contribution in [0.15, 0.2) is 30.3 Å². The number of rotatable bonds is 13. The first-order chi connectivity index (χ1) is 13.8. The van der Waals surface area contributed by atoms with E-state index in [0.29, 0.717) is 12.8 Å². The molecule has 0 fully saturated rings. The summed E-state index contributed by atoms with van der Waals surface area (Å²) < 4.78 is 0. The zero-order chi connectivity index (χ0) is 21.8. The molecule has 1 aromatic rings. The second-order valence-electron chi connectivity index (χ2n) is 7.02. The first kappa shape index (κ1) is 24.5. The molecule has 0 heterocycles. The molecule has 0 saturated heterocycles. The highest BCUT2D eigenvalue weighted by molar-refractivity contribution is 5.94. The summed E-state index contributed by atoms with van der Waals surface area (Å²) in [4.78, 5) is 48.7. The van der Waals surface area contributed by atoms with Crippen molar-refractivity contribution < 1.29 is 24.3 Å². The second-order valence-corrected chi connectivity index (χ2v) is 7.02. The molecule has 0 spiro atoms. The van der Waals surface area contributed by atoms with Crippen LogP contribution in [0.3, 0.4) is 0 Å². The molecule has 8 nitrogen and oxygen atoms in total. The van der Waals surface area contributed by atoms with Crippen molar-refractivity contribution in [1.82, 2.24) is 10.6 Å². The maximum absolute atomic E-state index is 12.6. The number of ketones is 2. The van der Waals surface area contributed by atoms with E-state index < -0.39 is 36.3 Å². The minimum atomic E-state index is -1.08. The summed E-state index contributed by atoms with van der Waals surface area (Å²) in [6, 6.07) is 7.46. The first-order valence-electron chi connectivity index (χ1n) is 9.80. The quantitative estimate of drug-likeness (QED) is 0.367. The molecular formula is C21H31N3O5. The van der Waals surface area contributed by atoms with Crippen molar-refractivity contribution in [2.45, 2.75) is 51.6 Å². The van der Waals surface area contributed by atoms with E-state index >= 15 is 0 Å². The fourth-order valence-electron chi connectivity index (χ4n) is 2.83. The Bertz CT molecular complexity index is 693. The summed E-state index contributed by atoms with van der Waals surface area (Å²) in [6.45, 7) is 2.55.